The lowest BCUT2D eigenvalue weighted by Gasteiger charge is -2.12. The van der Waals surface area contributed by atoms with Gasteiger partial charge in [-0.1, -0.05) is 6.07 Å². The largest absolute Gasteiger partial charge is 0.461 e. The lowest BCUT2D eigenvalue weighted by Crippen LogP contribution is -2.25. The third-order valence-electron chi connectivity index (χ3n) is 2.15. The lowest BCUT2D eigenvalue weighted by atomic mass is 10.2. The first-order valence-electron chi connectivity index (χ1n) is 5.18. The quantitative estimate of drug-likeness (QED) is 0.458. The summed E-state index contributed by atoms with van der Waals surface area (Å²) in [5.41, 5.74) is -0.0574. The van der Waals surface area contributed by atoms with Crippen LogP contribution in [0.25, 0.3) is 0 Å². The van der Waals surface area contributed by atoms with Gasteiger partial charge >= 0.3 is 12.3 Å². The standard InChI is InChI=1S/C11H12FNO5/c1-3-17-11(14)10(12)18-9-6-4-5-8(7(9)2)13(15)16/h4-6,10H,3H2,1-2H3. The summed E-state index contributed by atoms with van der Waals surface area (Å²) in [4.78, 5) is 21.1. The van der Waals surface area contributed by atoms with Crippen molar-refractivity contribution < 1.29 is 23.6 Å². The number of ether oxygens (including phenoxy) is 2. The van der Waals surface area contributed by atoms with Gasteiger partial charge in [0.2, 0.25) is 0 Å². The molecule has 1 unspecified atom stereocenters. The van der Waals surface area contributed by atoms with E-state index in [-0.39, 0.29) is 23.6 Å². The molecule has 0 fully saturated rings. The highest BCUT2D eigenvalue weighted by molar-refractivity contribution is 5.73. The second-order valence-corrected chi connectivity index (χ2v) is 3.34. The second kappa shape index (κ2) is 5.95. The van der Waals surface area contributed by atoms with Crippen LogP contribution in [-0.4, -0.2) is 23.9 Å². The van der Waals surface area contributed by atoms with E-state index in [1.807, 2.05) is 0 Å². The summed E-state index contributed by atoms with van der Waals surface area (Å²) in [5, 5.41) is 10.7. The van der Waals surface area contributed by atoms with E-state index in [4.69, 9.17) is 4.74 Å². The number of rotatable bonds is 5. The van der Waals surface area contributed by atoms with Gasteiger partial charge in [-0.2, -0.15) is 4.39 Å². The number of alkyl halides is 1. The topological polar surface area (TPSA) is 78.7 Å². The third-order valence-corrected chi connectivity index (χ3v) is 2.15. The van der Waals surface area contributed by atoms with Crippen molar-refractivity contribution >= 4 is 11.7 Å². The molecule has 0 spiro atoms. The summed E-state index contributed by atoms with van der Waals surface area (Å²) in [6, 6.07) is 3.95. The van der Waals surface area contributed by atoms with Crippen LogP contribution in [0, 0.1) is 17.0 Å². The Bertz CT molecular complexity index is 463. The summed E-state index contributed by atoms with van der Waals surface area (Å²) in [5.74, 6) is -1.23. The molecule has 0 N–H and O–H groups in total. The van der Waals surface area contributed by atoms with Gasteiger partial charge < -0.3 is 9.47 Å². The molecule has 1 aromatic carbocycles. The molecule has 7 heteroatoms. The monoisotopic (exact) mass is 257 g/mol. The van der Waals surface area contributed by atoms with Crippen molar-refractivity contribution in [2.45, 2.75) is 20.2 Å². The number of nitrogens with zero attached hydrogens (tertiary/aromatic N) is 1. The van der Waals surface area contributed by atoms with Crippen LogP contribution >= 0.6 is 0 Å². The molecular weight excluding hydrogens is 245 g/mol. The molecule has 6 nitrogen and oxygen atoms in total. The molecule has 0 saturated heterocycles. The fourth-order valence-electron chi connectivity index (χ4n) is 1.30. The number of benzene rings is 1. The zero-order valence-electron chi connectivity index (χ0n) is 9.88. The number of nitro groups is 1. The van der Waals surface area contributed by atoms with Crippen molar-refractivity contribution in [3.8, 4) is 5.75 Å². The Hall–Kier alpha value is -2.18. The molecule has 0 bridgehead atoms. The number of carbonyl (C=O) groups is 1. The minimum atomic E-state index is -2.30. The minimum absolute atomic E-state index is 0.0243. The van der Waals surface area contributed by atoms with Crippen molar-refractivity contribution in [3.05, 3.63) is 33.9 Å². The van der Waals surface area contributed by atoms with Crippen molar-refractivity contribution in [1.29, 1.82) is 0 Å². The molecule has 1 rings (SSSR count). The Morgan fingerprint density at radius 2 is 2.22 bits per heavy atom. The smallest absolute Gasteiger partial charge is 0.381 e. The molecule has 0 aliphatic carbocycles. The van der Waals surface area contributed by atoms with Gasteiger partial charge in [0.05, 0.1) is 17.1 Å². The number of esters is 1. The average molecular weight is 257 g/mol. The molecule has 0 saturated carbocycles. The molecule has 0 aliphatic heterocycles. The molecule has 1 atom stereocenters. The fraction of sp³-hybridized carbons (Fsp3) is 0.364. The van der Waals surface area contributed by atoms with Crippen molar-refractivity contribution in [3.63, 3.8) is 0 Å². The second-order valence-electron chi connectivity index (χ2n) is 3.34. The summed E-state index contributed by atoms with van der Waals surface area (Å²) in [6.45, 7) is 2.96. The van der Waals surface area contributed by atoms with Crippen LogP contribution in [0.1, 0.15) is 12.5 Å². The zero-order chi connectivity index (χ0) is 13.7. The number of hydrogen-bond acceptors (Lipinski definition) is 5. The van der Waals surface area contributed by atoms with E-state index in [1.54, 1.807) is 0 Å². The van der Waals surface area contributed by atoms with E-state index in [0.717, 1.165) is 0 Å². The molecule has 18 heavy (non-hydrogen) atoms. The van der Waals surface area contributed by atoms with E-state index in [0.29, 0.717) is 0 Å². The van der Waals surface area contributed by atoms with Crippen LogP contribution in [0.15, 0.2) is 18.2 Å². The number of nitro benzene ring substituents is 1. The lowest BCUT2D eigenvalue weighted by molar-refractivity contribution is -0.385. The first-order chi connectivity index (χ1) is 8.47. The Morgan fingerprint density at radius 3 is 2.78 bits per heavy atom. The Balaban J connectivity index is 2.88. The van der Waals surface area contributed by atoms with Crippen molar-refractivity contribution in [2.24, 2.45) is 0 Å². The summed E-state index contributed by atoms with van der Waals surface area (Å²) in [6.07, 6.45) is -2.30. The van der Waals surface area contributed by atoms with E-state index in [9.17, 15) is 19.3 Å². The maximum absolute atomic E-state index is 13.3. The van der Waals surface area contributed by atoms with E-state index >= 15 is 0 Å². The predicted octanol–water partition coefficient (Wildman–Crippen LogP) is 2.14. The molecule has 0 radical (unpaired) electrons. The molecule has 0 aromatic heterocycles. The summed E-state index contributed by atoms with van der Waals surface area (Å²) < 4.78 is 22.4. The van der Waals surface area contributed by atoms with Crippen LogP contribution in [0.3, 0.4) is 0 Å². The molecule has 0 amide bonds. The normalized spacial score (nSPS) is 11.7. The zero-order valence-corrected chi connectivity index (χ0v) is 9.88. The van der Waals surface area contributed by atoms with Crippen molar-refractivity contribution in [1.82, 2.24) is 0 Å². The maximum Gasteiger partial charge on any atom is 0.381 e. The SMILES string of the molecule is CCOC(=O)C(F)Oc1cccc([N+](=O)[O-])c1C. The number of carbonyl (C=O) groups excluding carboxylic acids is 1. The summed E-state index contributed by atoms with van der Waals surface area (Å²) >= 11 is 0. The molecule has 0 aliphatic rings. The van der Waals surface area contributed by atoms with Gasteiger partial charge in [-0.05, 0) is 19.9 Å². The first-order valence-corrected chi connectivity index (χ1v) is 5.18. The highest BCUT2D eigenvalue weighted by atomic mass is 19.1. The van der Waals surface area contributed by atoms with Gasteiger partial charge in [-0.25, -0.2) is 4.79 Å². The van der Waals surface area contributed by atoms with Crippen molar-refractivity contribution in [2.75, 3.05) is 6.61 Å². The first kappa shape index (κ1) is 13.9. The van der Waals surface area contributed by atoms with Gasteiger partial charge in [0.1, 0.15) is 5.75 Å². The average Bonchev–Trinajstić information content (AvgIpc) is 2.31. The molecule has 98 valence electrons. The van der Waals surface area contributed by atoms with Gasteiger partial charge in [0.25, 0.3) is 5.69 Å². The Morgan fingerprint density at radius 1 is 1.56 bits per heavy atom. The fourth-order valence-corrected chi connectivity index (χ4v) is 1.30. The van der Waals surface area contributed by atoms with Crippen LogP contribution in [0.2, 0.25) is 0 Å². The van der Waals surface area contributed by atoms with Gasteiger partial charge in [-0.3, -0.25) is 10.1 Å². The van der Waals surface area contributed by atoms with Gasteiger partial charge in [0, 0.05) is 6.07 Å². The van der Waals surface area contributed by atoms with Crippen LogP contribution in [-0.2, 0) is 9.53 Å². The number of halogens is 1. The van der Waals surface area contributed by atoms with Crippen LogP contribution in [0.4, 0.5) is 10.1 Å². The van der Waals surface area contributed by atoms with E-state index in [2.05, 4.69) is 4.74 Å². The van der Waals surface area contributed by atoms with Crippen LogP contribution < -0.4 is 4.74 Å². The molecule has 1 aromatic rings. The van der Waals surface area contributed by atoms with E-state index in [1.165, 1.54) is 32.0 Å². The Kier molecular flexibility index (Phi) is 4.59. The van der Waals surface area contributed by atoms with E-state index < -0.39 is 17.3 Å². The van der Waals surface area contributed by atoms with Crippen LogP contribution in [0.5, 0.6) is 5.75 Å². The maximum atomic E-state index is 13.3. The molecule has 0 heterocycles. The minimum Gasteiger partial charge on any atom is -0.461 e. The highest BCUT2D eigenvalue weighted by Gasteiger charge is 2.23. The third kappa shape index (κ3) is 3.16. The van der Waals surface area contributed by atoms with Gasteiger partial charge in [-0.15, -0.1) is 0 Å². The predicted molar refractivity (Wildman–Crippen MR) is 60.0 cm³/mol. The summed E-state index contributed by atoms with van der Waals surface area (Å²) in [7, 11) is 0. The van der Waals surface area contributed by atoms with Gasteiger partial charge in [0.15, 0.2) is 0 Å². The molecular formula is C11H12FNO5. The highest BCUT2D eigenvalue weighted by Crippen LogP contribution is 2.28. The Labute approximate surface area is 102 Å². The number of hydrogen-bond donors (Lipinski definition) is 0.